The summed E-state index contributed by atoms with van der Waals surface area (Å²) in [5.74, 6) is 1.07. The largest absolute Gasteiger partial charge is 0.391 e. The standard InChI is InChI=1S/C18H30N2O/c1-13(2)10-19-11-16-9-14(3)5-6-17(16)20-8-7-15(4)18(21)12-20/h5-6,9,13,15,18-19,21H,7-8,10-12H2,1-4H3. The van der Waals surface area contributed by atoms with Crippen LogP contribution in [0.15, 0.2) is 18.2 Å². The molecule has 118 valence electrons. The zero-order chi connectivity index (χ0) is 15.4. The van der Waals surface area contributed by atoms with Gasteiger partial charge < -0.3 is 15.3 Å². The van der Waals surface area contributed by atoms with E-state index in [-0.39, 0.29) is 6.10 Å². The first-order chi connectivity index (χ1) is 9.97. The SMILES string of the molecule is Cc1ccc(N2CCC(C)C(O)C2)c(CNCC(C)C)c1. The van der Waals surface area contributed by atoms with Crippen molar-refractivity contribution in [1.82, 2.24) is 5.32 Å². The van der Waals surface area contributed by atoms with Crippen LogP contribution in [0.5, 0.6) is 0 Å². The normalized spacial score (nSPS) is 22.9. The monoisotopic (exact) mass is 290 g/mol. The topological polar surface area (TPSA) is 35.5 Å². The Bertz CT molecular complexity index is 459. The summed E-state index contributed by atoms with van der Waals surface area (Å²) in [5, 5.41) is 13.7. The molecular formula is C18H30N2O. The number of aliphatic hydroxyl groups excluding tert-OH is 1. The summed E-state index contributed by atoms with van der Waals surface area (Å²) < 4.78 is 0. The van der Waals surface area contributed by atoms with Crippen LogP contribution in [-0.4, -0.2) is 30.8 Å². The summed E-state index contributed by atoms with van der Waals surface area (Å²) in [6.45, 7) is 12.5. The van der Waals surface area contributed by atoms with Crippen molar-refractivity contribution in [2.24, 2.45) is 11.8 Å². The van der Waals surface area contributed by atoms with Gasteiger partial charge in [-0.05, 0) is 43.4 Å². The molecule has 1 aromatic rings. The first-order valence-corrected chi connectivity index (χ1v) is 8.20. The van der Waals surface area contributed by atoms with Gasteiger partial charge in [-0.3, -0.25) is 0 Å². The maximum absolute atomic E-state index is 10.1. The minimum Gasteiger partial charge on any atom is -0.391 e. The van der Waals surface area contributed by atoms with Gasteiger partial charge >= 0.3 is 0 Å². The minimum atomic E-state index is -0.212. The van der Waals surface area contributed by atoms with Crippen LogP contribution < -0.4 is 10.2 Å². The highest BCUT2D eigenvalue weighted by Gasteiger charge is 2.25. The van der Waals surface area contributed by atoms with Crippen LogP contribution in [0.3, 0.4) is 0 Å². The van der Waals surface area contributed by atoms with Gasteiger partial charge in [-0.15, -0.1) is 0 Å². The number of aliphatic hydroxyl groups is 1. The fourth-order valence-corrected chi connectivity index (χ4v) is 2.93. The van der Waals surface area contributed by atoms with E-state index in [4.69, 9.17) is 0 Å². The van der Waals surface area contributed by atoms with E-state index in [2.05, 4.69) is 56.1 Å². The number of hydrogen-bond acceptors (Lipinski definition) is 3. The van der Waals surface area contributed by atoms with E-state index in [1.54, 1.807) is 0 Å². The smallest absolute Gasteiger partial charge is 0.0741 e. The van der Waals surface area contributed by atoms with Crippen molar-refractivity contribution in [2.75, 3.05) is 24.5 Å². The van der Waals surface area contributed by atoms with Gasteiger partial charge in [0.15, 0.2) is 0 Å². The van der Waals surface area contributed by atoms with Crippen molar-refractivity contribution in [3.05, 3.63) is 29.3 Å². The second kappa shape index (κ2) is 7.28. The molecule has 3 nitrogen and oxygen atoms in total. The molecule has 0 spiro atoms. The molecule has 1 fully saturated rings. The van der Waals surface area contributed by atoms with Crippen molar-refractivity contribution >= 4 is 5.69 Å². The Morgan fingerprint density at radius 3 is 2.81 bits per heavy atom. The maximum Gasteiger partial charge on any atom is 0.0741 e. The van der Waals surface area contributed by atoms with Gasteiger partial charge in [-0.1, -0.05) is 38.5 Å². The van der Waals surface area contributed by atoms with E-state index in [1.807, 2.05) is 0 Å². The Hall–Kier alpha value is -1.06. The van der Waals surface area contributed by atoms with E-state index < -0.39 is 0 Å². The van der Waals surface area contributed by atoms with Gasteiger partial charge in [0.25, 0.3) is 0 Å². The molecule has 1 saturated heterocycles. The van der Waals surface area contributed by atoms with E-state index in [0.29, 0.717) is 11.8 Å². The third-order valence-corrected chi connectivity index (χ3v) is 4.36. The minimum absolute atomic E-state index is 0.212. The molecule has 2 N–H and O–H groups in total. The molecule has 1 heterocycles. The zero-order valence-electron chi connectivity index (χ0n) is 13.9. The molecule has 2 rings (SSSR count). The van der Waals surface area contributed by atoms with Gasteiger partial charge in [0.2, 0.25) is 0 Å². The van der Waals surface area contributed by atoms with Gasteiger partial charge in [0.05, 0.1) is 6.10 Å². The number of benzene rings is 1. The summed E-state index contributed by atoms with van der Waals surface area (Å²) in [4.78, 5) is 2.34. The average molecular weight is 290 g/mol. The van der Waals surface area contributed by atoms with Crippen LogP contribution in [-0.2, 0) is 6.54 Å². The fraction of sp³-hybridized carbons (Fsp3) is 0.667. The lowest BCUT2D eigenvalue weighted by Crippen LogP contribution is -2.43. The number of β-amino-alcohol motifs (C(OH)–C–C–N with tert-alkyl or cyclic N) is 1. The third kappa shape index (κ3) is 4.45. The van der Waals surface area contributed by atoms with E-state index in [0.717, 1.165) is 32.6 Å². The van der Waals surface area contributed by atoms with Gasteiger partial charge in [-0.2, -0.15) is 0 Å². The van der Waals surface area contributed by atoms with Gasteiger partial charge in [0.1, 0.15) is 0 Å². The second-order valence-corrected chi connectivity index (χ2v) is 6.94. The van der Waals surface area contributed by atoms with Crippen LogP contribution in [0.1, 0.15) is 38.3 Å². The first-order valence-electron chi connectivity index (χ1n) is 8.20. The predicted octanol–water partition coefficient (Wildman–Crippen LogP) is 2.95. The molecule has 2 atom stereocenters. The summed E-state index contributed by atoms with van der Waals surface area (Å²) in [6.07, 6.45) is 0.852. The molecule has 1 aliphatic heterocycles. The molecule has 0 amide bonds. The lowest BCUT2D eigenvalue weighted by Gasteiger charge is -2.37. The number of hydrogen-bond donors (Lipinski definition) is 2. The van der Waals surface area contributed by atoms with Crippen molar-refractivity contribution in [3.8, 4) is 0 Å². The highest BCUT2D eigenvalue weighted by molar-refractivity contribution is 5.55. The fourth-order valence-electron chi connectivity index (χ4n) is 2.93. The van der Waals surface area contributed by atoms with Crippen LogP contribution >= 0.6 is 0 Å². The summed E-state index contributed by atoms with van der Waals surface area (Å²) in [7, 11) is 0. The molecular weight excluding hydrogens is 260 g/mol. The van der Waals surface area contributed by atoms with Crippen LogP contribution in [0.2, 0.25) is 0 Å². The average Bonchev–Trinajstić information content (AvgIpc) is 2.42. The quantitative estimate of drug-likeness (QED) is 0.875. The Morgan fingerprint density at radius 2 is 2.14 bits per heavy atom. The molecule has 3 heteroatoms. The lowest BCUT2D eigenvalue weighted by atomic mass is 9.95. The lowest BCUT2D eigenvalue weighted by molar-refractivity contribution is 0.103. The van der Waals surface area contributed by atoms with E-state index in [1.165, 1.54) is 16.8 Å². The predicted molar refractivity (Wildman–Crippen MR) is 89.7 cm³/mol. The van der Waals surface area contributed by atoms with Crippen LogP contribution in [0.4, 0.5) is 5.69 Å². The highest BCUT2D eigenvalue weighted by Crippen LogP contribution is 2.27. The number of anilines is 1. The van der Waals surface area contributed by atoms with Crippen molar-refractivity contribution in [3.63, 3.8) is 0 Å². The summed E-state index contributed by atoms with van der Waals surface area (Å²) in [6, 6.07) is 6.66. The molecule has 0 bridgehead atoms. The van der Waals surface area contributed by atoms with Gasteiger partial charge in [-0.25, -0.2) is 0 Å². The van der Waals surface area contributed by atoms with Crippen LogP contribution in [0, 0.1) is 18.8 Å². The van der Waals surface area contributed by atoms with E-state index >= 15 is 0 Å². The number of piperidine rings is 1. The number of rotatable bonds is 5. The molecule has 0 radical (unpaired) electrons. The summed E-state index contributed by atoms with van der Waals surface area (Å²) >= 11 is 0. The molecule has 0 aliphatic carbocycles. The number of nitrogens with zero attached hydrogens (tertiary/aromatic N) is 1. The highest BCUT2D eigenvalue weighted by atomic mass is 16.3. The summed E-state index contributed by atoms with van der Waals surface area (Å²) in [5.41, 5.74) is 3.92. The Kier molecular flexibility index (Phi) is 5.65. The Balaban J connectivity index is 2.11. The van der Waals surface area contributed by atoms with Crippen molar-refractivity contribution in [1.29, 1.82) is 0 Å². The molecule has 0 aromatic heterocycles. The molecule has 2 unspecified atom stereocenters. The zero-order valence-corrected chi connectivity index (χ0v) is 13.9. The maximum atomic E-state index is 10.1. The van der Waals surface area contributed by atoms with Crippen LogP contribution in [0.25, 0.3) is 0 Å². The van der Waals surface area contributed by atoms with Gasteiger partial charge in [0, 0.05) is 25.3 Å². The third-order valence-electron chi connectivity index (χ3n) is 4.36. The molecule has 1 aliphatic rings. The first kappa shape index (κ1) is 16.3. The van der Waals surface area contributed by atoms with E-state index in [9.17, 15) is 5.11 Å². The Morgan fingerprint density at radius 1 is 1.38 bits per heavy atom. The molecule has 0 saturated carbocycles. The van der Waals surface area contributed by atoms with Crippen molar-refractivity contribution < 1.29 is 5.11 Å². The molecule has 21 heavy (non-hydrogen) atoms. The number of aryl methyl sites for hydroxylation is 1. The number of nitrogens with one attached hydrogen (secondary N) is 1. The van der Waals surface area contributed by atoms with Crippen molar-refractivity contribution in [2.45, 2.75) is 46.8 Å². The second-order valence-electron chi connectivity index (χ2n) is 6.94. The Labute approximate surface area is 129 Å². The molecule has 1 aromatic carbocycles.